The molecule has 0 bridgehead atoms. The van der Waals surface area contributed by atoms with Crippen molar-refractivity contribution in [3.8, 4) is 5.75 Å². The van der Waals surface area contributed by atoms with Gasteiger partial charge in [0.15, 0.2) is 5.78 Å². The number of carbonyl (C=O) groups excluding carboxylic acids is 1. The van der Waals surface area contributed by atoms with Crippen LogP contribution in [0.2, 0.25) is 0 Å². The van der Waals surface area contributed by atoms with Crippen molar-refractivity contribution in [1.29, 1.82) is 0 Å². The van der Waals surface area contributed by atoms with Crippen LogP contribution >= 0.6 is 0 Å². The fraction of sp³-hybridized carbons (Fsp3) is 0.500. The third kappa shape index (κ3) is 4.57. The summed E-state index contributed by atoms with van der Waals surface area (Å²) >= 11 is 0. The average molecular weight is 236 g/mol. The summed E-state index contributed by atoms with van der Waals surface area (Å²) in [6.07, 6.45) is 0.545. The van der Waals surface area contributed by atoms with E-state index in [2.05, 4.69) is 0 Å². The Hall–Kier alpha value is -1.35. The Labute approximate surface area is 103 Å². The van der Waals surface area contributed by atoms with Crippen LogP contribution in [0.25, 0.3) is 0 Å². The number of hydrogen-bond donors (Lipinski definition) is 0. The van der Waals surface area contributed by atoms with Gasteiger partial charge in [-0.15, -0.1) is 0 Å². The lowest BCUT2D eigenvalue weighted by molar-refractivity contribution is 0.0657. The minimum Gasteiger partial charge on any atom is -0.488 e. The molecular weight excluding hydrogens is 216 g/mol. The van der Waals surface area contributed by atoms with E-state index >= 15 is 0 Å². The van der Waals surface area contributed by atoms with Crippen molar-refractivity contribution in [2.24, 2.45) is 0 Å². The zero-order chi connectivity index (χ0) is 12.7. The van der Waals surface area contributed by atoms with Crippen molar-refractivity contribution in [2.45, 2.75) is 33.3 Å². The van der Waals surface area contributed by atoms with Gasteiger partial charge in [0.2, 0.25) is 0 Å². The third-order valence-corrected chi connectivity index (χ3v) is 2.39. The van der Waals surface area contributed by atoms with E-state index in [0.717, 1.165) is 11.3 Å². The maximum atomic E-state index is 11.4. The fourth-order valence-electron chi connectivity index (χ4n) is 1.47. The van der Waals surface area contributed by atoms with Gasteiger partial charge in [-0.3, -0.25) is 4.79 Å². The quantitative estimate of drug-likeness (QED) is 0.682. The molecule has 0 radical (unpaired) electrons. The minimum absolute atomic E-state index is 0.0164. The van der Waals surface area contributed by atoms with Crippen molar-refractivity contribution in [1.82, 2.24) is 0 Å². The highest BCUT2D eigenvalue weighted by Crippen LogP contribution is 2.15. The van der Waals surface area contributed by atoms with Gasteiger partial charge in [0, 0.05) is 18.6 Å². The highest BCUT2D eigenvalue weighted by atomic mass is 16.5. The van der Waals surface area contributed by atoms with Gasteiger partial charge in [0.05, 0.1) is 6.61 Å². The molecule has 1 aromatic carbocycles. The summed E-state index contributed by atoms with van der Waals surface area (Å²) < 4.78 is 10.9. The Morgan fingerprint density at radius 3 is 2.41 bits per heavy atom. The van der Waals surface area contributed by atoms with Crippen molar-refractivity contribution in [3.05, 3.63) is 29.8 Å². The molecule has 0 spiro atoms. The van der Waals surface area contributed by atoms with Gasteiger partial charge in [-0.05, 0) is 38.1 Å². The molecule has 1 atom stereocenters. The van der Waals surface area contributed by atoms with Crippen LogP contribution in [0.4, 0.5) is 0 Å². The van der Waals surface area contributed by atoms with E-state index in [0.29, 0.717) is 19.6 Å². The van der Waals surface area contributed by atoms with E-state index in [1.165, 1.54) is 0 Å². The molecule has 0 saturated carbocycles. The molecule has 1 rings (SSSR count). The van der Waals surface area contributed by atoms with E-state index in [9.17, 15) is 4.79 Å². The molecule has 0 saturated heterocycles. The standard InChI is InChI=1S/C14H20O3/c1-4-14(15)12-6-8-13(9-7-12)17-11(3)10-16-5-2/h6-9,11H,4-5,10H2,1-3H3. The Kier molecular flexibility index (Phi) is 5.70. The first-order chi connectivity index (χ1) is 8.17. The molecule has 0 aliphatic heterocycles. The summed E-state index contributed by atoms with van der Waals surface area (Å²) in [6.45, 7) is 7.04. The molecule has 1 aromatic rings. The molecule has 94 valence electrons. The lowest BCUT2D eigenvalue weighted by Gasteiger charge is -2.14. The normalized spacial score (nSPS) is 12.2. The monoisotopic (exact) mass is 236 g/mol. The SMILES string of the molecule is CCOCC(C)Oc1ccc(C(=O)CC)cc1. The Morgan fingerprint density at radius 2 is 1.88 bits per heavy atom. The van der Waals surface area contributed by atoms with Gasteiger partial charge in [0.25, 0.3) is 0 Å². The van der Waals surface area contributed by atoms with Crippen molar-refractivity contribution >= 4 is 5.78 Å². The van der Waals surface area contributed by atoms with Gasteiger partial charge < -0.3 is 9.47 Å². The van der Waals surface area contributed by atoms with Gasteiger partial charge >= 0.3 is 0 Å². The van der Waals surface area contributed by atoms with Crippen LogP contribution in [0.3, 0.4) is 0 Å². The van der Waals surface area contributed by atoms with E-state index in [1.807, 2.05) is 32.9 Å². The maximum Gasteiger partial charge on any atom is 0.162 e. The Morgan fingerprint density at radius 1 is 1.24 bits per heavy atom. The summed E-state index contributed by atoms with van der Waals surface area (Å²) in [7, 11) is 0. The number of Topliss-reactive ketones (excluding diaryl/α,β-unsaturated/α-hetero) is 1. The second-order valence-corrected chi connectivity index (χ2v) is 3.89. The van der Waals surface area contributed by atoms with Crippen LogP contribution < -0.4 is 4.74 Å². The zero-order valence-electron chi connectivity index (χ0n) is 10.7. The summed E-state index contributed by atoms with van der Waals surface area (Å²) in [6, 6.07) is 7.25. The van der Waals surface area contributed by atoms with Crippen LogP contribution in [-0.2, 0) is 4.74 Å². The van der Waals surface area contributed by atoms with E-state index in [1.54, 1.807) is 12.1 Å². The van der Waals surface area contributed by atoms with Gasteiger partial charge in [-0.2, -0.15) is 0 Å². The van der Waals surface area contributed by atoms with Crippen LogP contribution in [-0.4, -0.2) is 25.1 Å². The largest absolute Gasteiger partial charge is 0.488 e. The molecule has 3 heteroatoms. The topological polar surface area (TPSA) is 35.5 Å². The number of rotatable bonds is 7. The van der Waals surface area contributed by atoms with Gasteiger partial charge in [0.1, 0.15) is 11.9 Å². The third-order valence-electron chi connectivity index (χ3n) is 2.39. The number of carbonyl (C=O) groups is 1. The Balaban J connectivity index is 2.53. The minimum atomic E-state index is 0.0164. The predicted octanol–water partition coefficient (Wildman–Crippen LogP) is 3.08. The average Bonchev–Trinajstić information content (AvgIpc) is 2.36. The molecule has 1 unspecified atom stereocenters. The number of ether oxygens (including phenoxy) is 2. The molecule has 0 amide bonds. The first-order valence-corrected chi connectivity index (χ1v) is 6.05. The van der Waals surface area contributed by atoms with E-state index in [-0.39, 0.29) is 11.9 Å². The lowest BCUT2D eigenvalue weighted by atomic mass is 10.1. The van der Waals surface area contributed by atoms with Gasteiger partial charge in [-0.1, -0.05) is 6.92 Å². The van der Waals surface area contributed by atoms with Crippen LogP contribution in [0.1, 0.15) is 37.6 Å². The molecule has 0 N–H and O–H groups in total. The summed E-state index contributed by atoms with van der Waals surface area (Å²) in [5.74, 6) is 0.920. The zero-order valence-corrected chi connectivity index (χ0v) is 10.7. The second-order valence-electron chi connectivity index (χ2n) is 3.89. The van der Waals surface area contributed by atoms with Crippen LogP contribution in [0.5, 0.6) is 5.75 Å². The highest BCUT2D eigenvalue weighted by molar-refractivity contribution is 5.95. The number of ketones is 1. The lowest BCUT2D eigenvalue weighted by Crippen LogP contribution is -2.19. The molecule has 0 aromatic heterocycles. The van der Waals surface area contributed by atoms with E-state index in [4.69, 9.17) is 9.47 Å². The molecule has 17 heavy (non-hydrogen) atoms. The number of hydrogen-bond acceptors (Lipinski definition) is 3. The molecular formula is C14H20O3. The fourth-order valence-corrected chi connectivity index (χ4v) is 1.47. The summed E-state index contributed by atoms with van der Waals surface area (Å²) in [5, 5.41) is 0. The molecule has 0 heterocycles. The molecule has 0 fully saturated rings. The smallest absolute Gasteiger partial charge is 0.162 e. The first-order valence-electron chi connectivity index (χ1n) is 6.05. The predicted molar refractivity (Wildman–Crippen MR) is 67.6 cm³/mol. The van der Waals surface area contributed by atoms with Crippen LogP contribution in [0.15, 0.2) is 24.3 Å². The summed E-state index contributed by atoms with van der Waals surface area (Å²) in [4.78, 5) is 11.4. The number of benzene rings is 1. The van der Waals surface area contributed by atoms with Crippen LogP contribution in [0, 0.1) is 0 Å². The second kappa shape index (κ2) is 7.07. The first kappa shape index (κ1) is 13.7. The van der Waals surface area contributed by atoms with Crippen molar-refractivity contribution in [2.75, 3.05) is 13.2 Å². The maximum absolute atomic E-state index is 11.4. The van der Waals surface area contributed by atoms with Crippen molar-refractivity contribution < 1.29 is 14.3 Å². The summed E-state index contributed by atoms with van der Waals surface area (Å²) in [5.41, 5.74) is 0.734. The Bertz CT molecular complexity index is 343. The molecule has 0 aliphatic carbocycles. The van der Waals surface area contributed by atoms with E-state index < -0.39 is 0 Å². The molecule has 0 aliphatic rings. The van der Waals surface area contributed by atoms with Gasteiger partial charge in [-0.25, -0.2) is 0 Å². The highest BCUT2D eigenvalue weighted by Gasteiger charge is 2.06. The van der Waals surface area contributed by atoms with Crippen molar-refractivity contribution in [3.63, 3.8) is 0 Å². The molecule has 3 nitrogen and oxygen atoms in total.